The second-order valence-electron chi connectivity index (χ2n) is 7.58. The van der Waals surface area contributed by atoms with Gasteiger partial charge in [-0.15, -0.1) is 0 Å². The van der Waals surface area contributed by atoms with Crippen LogP contribution in [0.2, 0.25) is 0 Å². The molecule has 25 heavy (non-hydrogen) atoms. The van der Waals surface area contributed by atoms with Crippen molar-refractivity contribution in [1.82, 2.24) is 5.32 Å². The molecule has 0 aromatic rings. The van der Waals surface area contributed by atoms with Gasteiger partial charge in [-0.05, 0) is 39.5 Å². The number of hydrogen-bond acceptors (Lipinski definition) is 6. The van der Waals surface area contributed by atoms with Crippen molar-refractivity contribution in [2.75, 3.05) is 13.2 Å². The normalized spacial score (nSPS) is 20.9. The average molecular weight is 357 g/mol. The highest BCUT2D eigenvalue weighted by atomic mass is 16.6. The minimum absolute atomic E-state index is 0.0348. The van der Waals surface area contributed by atoms with E-state index in [1.807, 2.05) is 13.8 Å². The number of ether oxygens (including phenoxy) is 2. The molecule has 0 aromatic carbocycles. The number of nitrogens with one attached hydrogen (secondary N) is 1. The minimum Gasteiger partial charge on any atom is -0.464 e. The van der Waals surface area contributed by atoms with Crippen LogP contribution in [0, 0.1) is 11.8 Å². The molecular formula is C18H31NO6. The van der Waals surface area contributed by atoms with E-state index in [9.17, 15) is 19.5 Å². The van der Waals surface area contributed by atoms with E-state index < -0.39 is 29.7 Å². The maximum absolute atomic E-state index is 12.4. The Morgan fingerprint density at radius 1 is 1.24 bits per heavy atom. The van der Waals surface area contributed by atoms with Crippen molar-refractivity contribution >= 4 is 17.7 Å². The third-order valence-electron chi connectivity index (χ3n) is 3.94. The Morgan fingerprint density at radius 2 is 1.88 bits per heavy atom. The summed E-state index contributed by atoms with van der Waals surface area (Å²) in [5.74, 6) is -1.21. The van der Waals surface area contributed by atoms with Crippen molar-refractivity contribution in [2.45, 2.75) is 71.7 Å². The van der Waals surface area contributed by atoms with E-state index in [2.05, 4.69) is 5.32 Å². The van der Waals surface area contributed by atoms with Crippen molar-refractivity contribution in [1.29, 1.82) is 0 Å². The molecule has 1 saturated heterocycles. The molecular weight excluding hydrogens is 326 g/mol. The lowest BCUT2D eigenvalue weighted by Gasteiger charge is -2.20. The maximum atomic E-state index is 12.4. The van der Waals surface area contributed by atoms with Crippen LogP contribution in [0.1, 0.15) is 53.9 Å². The summed E-state index contributed by atoms with van der Waals surface area (Å²) in [5.41, 5.74) is -0.856. The molecule has 1 heterocycles. The zero-order valence-corrected chi connectivity index (χ0v) is 15.8. The standard InChI is InChI=1S/C18H31NO6/c1-6-24-17(22)15-14(25-15)13(20)10-12(9-11(2)3)16(21)19-8-7-18(4,5)23/h11-12,14-15,23H,6-10H2,1-5H3,(H,19,21)/t12-,14?,15+/m1/s1. The maximum Gasteiger partial charge on any atom is 0.338 e. The molecule has 1 fully saturated rings. The molecule has 144 valence electrons. The molecule has 0 saturated carbocycles. The second kappa shape index (κ2) is 9.29. The highest BCUT2D eigenvalue weighted by molar-refractivity contribution is 5.96. The molecule has 1 unspecified atom stereocenters. The number of carbonyl (C=O) groups is 3. The van der Waals surface area contributed by atoms with E-state index >= 15 is 0 Å². The van der Waals surface area contributed by atoms with Gasteiger partial charge in [-0.25, -0.2) is 4.79 Å². The van der Waals surface area contributed by atoms with Gasteiger partial charge in [0.05, 0.1) is 12.2 Å². The number of hydrogen-bond donors (Lipinski definition) is 2. The summed E-state index contributed by atoms with van der Waals surface area (Å²) in [4.78, 5) is 36.2. The van der Waals surface area contributed by atoms with Crippen LogP contribution in [0.5, 0.6) is 0 Å². The number of esters is 1. The van der Waals surface area contributed by atoms with Crippen LogP contribution in [0.15, 0.2) is 0 Å². The lowest BCUT2D eigenvalue weighted by molar-refractivity contribution is -0.144. The van der Waals surface area contributed by atoms with Gasteiger partial charge in [0.15, 0.2) is 18.0 Å². The lowest BCUT2D eigenvalue weighted by Crippen LogP contribution is -2.36. The first kappa shape index (κ1) is 21.6. The largest absolute Gasteiger partial charge is 0.464 e. The van der Waals surface area contributed by atoms with Crippen molar-refractivity contribution in [3.8, 4) is 0 Å². The first-order chi connectivity index (χ1) is 11.5. The predicted octanol–water partition coefficient (Wildman–Crippen LogP) is 1.22. The van der Waals surface area contributed by atoms with E-state index in [-0.39, 0.29) is 30.6 Å². The lowest BCUT2D eigenvalue weighted by atomic mass is 9.90. The molecule has 0 aliphatic carbocycles. The van der Waals surface area contributed by atoms with Gasteiger partial charge in [-0.3, -0.25) is 9.59 Å². The van der Waals surface area contributed by atoms with E-state index in [0.717, 1.165) is 0 Å². The molecule has 1 aliphatic heterocycles. The van der Waals surface area contributed by atoms with Gasteiger partial charge in [-0.2, -0.15) is 0 Å². The fourth-order valence-corrected chi connectivity index (χ4v) is 2.61. The molecule has 0 spiro atoms. The van der Waals surface area contributed by atoms with E-state index in [1.165, 1.54) is 0 Å². The third-order valence-corrected chi connectivity index (χ3v) is 3.94. The quantitative estimate of drug-likeness (QED) is 0.425. The van der Waals surface area contributed by atoms with Crippen LogP contribution in [-0.4, -0.2) is 53.7 Å². The van der Waals surface area contributed by atoms with Crippen LogP contribution in [0.3, 0.4) is 0 Å². The summed E-state index contributed by atoms with van der Waals surface area (Å²) >= 11 is 0. The number of rotatable bonds is 11. The summed E-state index contributed by atoms with van der Waals surface area (Å²) < 4.78 is 9.94. The van der Waals surface area contributed by atoms with E-state index in [1.54, 1.807) is 20.8 Å². The molecule has 2 N–H and O–H groups in total. The molecule has 1 amide bonds. The monoisotopic (exact) mass is 357 g/mol. The Kier molecular flexibility index (Phi) is 8.02. The van der Waals surface area contributed by atoms with Crippen molar-refractivity contribution in [2.24, 2.45) is 11.8 Å². The van der Waals surface area contributed by atoms with Crippen LogP contribution < -0.4 is 5.32 Å². The van der Waals surface area contributed by atoms with Crippen LogP contribution >= 0.6 is 0 Å². The Morgan fingerprint density at radius 3 is 2.40 bits per heavy atom. The van der Waals surface area contributed by atoms with Gasteiger partial charge in [0.1, 0.15) is 0 Å². The molecule has 7 nitrogen and oxygen atoms in total. The number of ketones is 1. The molecule has 7 heteroatoms. The highest BCUT2D eigenvalue weighted by Crippen LogP contribution is 2.28. The Bertz CT molecular complexity index is 482. The topological polar surface area (TPSA) is 105 Å². The summed E-state index contributed by atoms with van der Waals surface area (Å²) in [7, 11) is 0. The summed E-state index contributed by atoms with van der Waals surface area (Å²) in [6.07, 6.45) is -0.592. The molecule has 3 atom stereocenters. The predicted molar refractivity (Wildman–Crippen MR) is 91.8 cm³/mol. The molecule has 1 rings (SSSR count). The third kappa shape index (κ3) is 7.96. The highest BCUT2D eigenvalue weighted by Gasteiger charge is 2.51. The van der Waals surface area contributed by atoms with Gasteiger partial charge >= 0.3 is 5.97 Å². The molecule has 0 bridgehead atoms. The minimum atomic E-state index is -0.856. The summed E-state index contributed by atoms with van der Waals surface area (Å²) in [5, 5.41) is 12.5. The van der Waals surface area contributed by atoms with Gasteiger partial charge in [0.25, 0.3) is 0 Å². The fourth-order valence-electron chi connectivity index (χ4n) is 2.61. The zero-order chi connectivity index (χ0) is 19.2. The van der Waals surface area contributed by atoms with Crippen molar-refractivity contribution in [3.63, 3.8) is 0 Å². The number of epoxide rings is 1. The number of Topliss-reactive ketones (excluding diaryl/α,β-unsaturated/α-hetero) is 1. The van der Waals surface area contributed by atoms with Gasteiger partial charge in [-0.1, -0.05) is 13.8 Å². The smallest absolute Gasteiger partial charge is 0.338 e. The first-order valence-corrected chi connectivity index (χ1v) is 8.90. The SMILES string of the molecule is CCOC(=O)[C@H]1OC1C(=O)C[C@@H](CC(C)C)C(=O)NCCC(C)(C)O. The van der Waals surface area contributed by atoms with Crippen LogP contribution in [-0.2, 0) is 23.9 Å². The molecule has 0 aromatic heterocycles. The van der Waals surface area contributed by atoms with Crippen LogP contribution in [0.25, 0.3) is 0 Å². The summed E-state index contributed by atoms with van der Waals surface area (Å²) in [6.45, 7) is 9.58. The van der Waals surface area contributed by atoms with Gasteiger partial charge in [0, 0.05) is 18.9 Å². The Balaban J connectivity index is 2.54. The fraction of sp³-hybridized carbons (Fsp3) is 0.833. The van der Waals surface area contributed by atoms with E-state index in [4.69, 9.17) is 9.47 Å². The van der Waals surface area contributed by atoms with E-state index in [0.29, 0.717) is 19.4 Å². The number of aliphatic hydroxyl groups is 1. The zero-order valence-electron chi connectivity index (χ0n) is 15.8. The van der Waals surface area contributed by atoms with Crippen molar-refractivity contribution < 1.29 is 29.0 Å². The van der Waals surface area contributed by atoms with Crippen LogP contribution in [0.4, 0.5) is 0 Å². The van der Waals surface area contributed by atoms with Gasteiger partial charge < -0.3 is 19.9 Å². The first-order valence-electron chi connectivity index (χ1n) is 8.90. The number of carbonyl (C=O) groups excluding carboxylic acids is 3. The summed E-state index contributed by atoms with van der Waals surface area (Å²) in [6, 6.07) is 0. The molecule has 1 aliphatic rings. The van der Waals surface area contributed by atoms with Crippen molar-refractivity contribution in [3.05, 3.63) is 0 Å². The second-order valence-corrected chi connectivity index (χ2v) is 7.58. The Labute approximate surface area is 149 Å². The Hall–Kier alpha value is -1.47. The average Bonchev–Trinajstić information content (AvgIpc) is 3.25. The number of amides is 1. The van der Waals surface area contributed by atoms with Gasteiger partial charge in [0.2, 0.25) is 5.91 Å². The molecule has 0 radical (unpaired) electrons.